The third kappa shape index (κ3) is 3.94. The van der Waals surface area contributed by atoms with Crippen LogP contribution in [0.1, 0.15) is 23.2 Å². The summed E-state index contributed by atoms with van der Waals surface area (Å²) in [5.41, 5.74) is 0.228. The lowest BCUT2D eigenvalue weighted by Gasteiger charge is -2.12. The Labute approximate surface area is 125 Å². The van der Waals surface area contributed by atoms with E-state index < -0.39 is 16.0 Å². The quantitative estimate of drug-likeness (QED) is 0.835. The van der Waals surface area contributed by atoms with Crippen LogP contribution in [0.5, 0.6) is 0 Å². The maximum atomic E-state index is 12.0. The molecule has 1 aliphatic heterocycles. The standard InChI is InChI=1S/C12H14BrNO5S/c13-11-4-3-8(6-10(11)12(15)16)14-20(17,18)7-9-2-1-5-19-9/h3-4,6,9,14H,1-2,5,7H2,(H,15,16). The summed E-state index contributed by atoms with van der Waals surface area (Å²) in [5, 5.41) is 8.99. The van der Waals surface area contributed by atoms with Gasteiger partial charge in [-0.15, -0.1) is 0 Å². The average Bonchev–Trinajstić information content (AvgIpc) is 2.82. The fraction of sp³-hybridized carbons (Fsp3) is 0.417. The topological polar surface area (TPSA) is 92.7 Å². The van der Waals surface area contributed by atoms with Crippen molar-refractivity contribution in [3.63, 3.8) is 0 Å². The summed E-state index contributed by atoms with van der Waals surface area (Å²) in [5.74, 6) is -1.25. The first-order chi connectivity index (χ1) is 9.37. The Morgan fingerprint density at radius 3 is 2.85 bits per heavy atom. The molecular weight excluding hydrogens is 350 g/mol. The second kappa shape index (κ2) is 6.11. The molecule has 1 aromatic rings. The summed E-state index contributed by atoms with van der Waals surface area (Å²) in [6.07, 6.45) is 1.30. The van der Waals surface area contributed by atoms with E-state index in [1.807, 2.05) is 0 Å². The number of sulfonamides is 1. The van der Waals surface area contributed by atoms with Gasteiger partial charge in [-0.1, -0.05) is 0 Å². The van der Waals surface area contributed by atoms with Crippen molar-refractivity contribution in [2.24, 2.45) is 0 Å². The number of ether oxygens (including phenoxy) is 1. The number of rotatable bonds is 5. The zero-order valence-electron chi connectivity index (χ0n) is 10.5. The molecule has 1 aromatic carbocycles. The largest absolute Gasteiger partial charge is 0.478 e. The molecule has 1 heterocycles. The van der Waals surface area contributed by atoms with Gasteiger partial charge in [0.25, 0.3) is 0 Å². The molecule has 0 radical (unpaired) electrons. The molecule has 2 N–H and O–H groups in total. The number of carboxylic acid groups (broad SMARTS) is 1. The molecule has 20 heavy (non-hydrogen) atoms. The number of carboxylic acids is 1. The second-order valence-electron chi connectivity index (χ2n) is 4.52. The van der Waals surface area contributed by atoms with E-state index >= 15 is 0 Å². The SMILES string of the molecule is O=C(O)c1cc(NS(=O)(=O)CC2CCCO2)ccc1Br. The number of anilines is 1. The Bertz CT molecular complexity index is 610. The van der Waals surface area contributed by atoms with Crippen molar-refractivity contribution in [3.8, 4) is 0 Å². The fourth-order valence-electron chi connectivity index (χ4n) is 1.99. The number of carbonyl (C=O) groups is 1. The summed E-state index contributed by atoms with van der Waals surface area (Å²) < 4.78 is 32.0. The summed E-state index contributed by atoms with van der Waals surface area (Å²) >= 11 is 3.10. The number of hydrogen-bond donors (Lipinski definition) is 2. The molecule has 8 heteroatoms. The van der Waals surface area contributed by atoms with Crippen LogP contribution in [0.25, 0.3) is 0 Å². The highest BCUT2D eigenvalue weighted by Crippen LogP contribution is 2.22. The van der Waals surface area contributed by atoms with Crippen LogP contribution in [0.4, 0.5) is 5.69 Å². The molecular formula is C12H14BrNO5S. The van der Waals surface area contributed by atoms with Gasteiger partial charge in [0.1, 0.15) is 0 Å². The van der Waals surface area contributed by atoms with Crippen molar-refractivity contribution in [1.29, 1.82) is 0 Å². The Balaban J connectivity index is 2.12. The number of hydrogen-bond acceptors (Lipinski definition) is 4. The van der Waals surface area contributed by atoms with E-state index in [0.29, 0.717) is 11.1 Å². The van der Waals surface area contributed by atoms with Crippen molar-refractivity contribution in [1.82, 2.24) is 0 Å². The van der Waals surface area contributed by atoms with Gasteiger partial charge < -0.3 is 9.84 Å². The normalized spacial score (nSPS) is 18.9. The molecule has 0 spiro atoms. The first-order valence-corrected chi connectivity index (χ1v) is 8.47. The summed E-state index contributed by atoms with van der Waals surface area (Å²) in [6, 6.07) is 4.27. The van der Waals surface area contributed by atoms with Gasteiger partial charge in [0.15, 0.2) is 0 Å². The van der Waals surface area contributed by atoms with E-state index in [0.717, 1.165) is 12.8 Å². The van der Waals surface area contributed by atoms with Crippen LogP contribution < -0.4 is 4.72 Å². The molecule has 0 amide bonds. The molecule has 1 saturated heterocycles. The summed E-state index contributed by atoms with van der Waals surface area (Å²) in [6.45, 7) is 0.585. The van der Waals surface area contributed by atoms with Crippen molar-refractivity contribution in [2.45, 2.75) is 18.9 Å². The number of benzene rings is 1. The average molecular weight is 364 g/mol. The molecule has 110 valence electrons. The first kappa shape index (κ1) is 15.3. The van der Waals surface area contributed by atoms with Crippen LogP contribution >= 0.6 is 15.9 Å². The fourth-order valence-corrected chi connectivity index (χ4v) is 3.73. The maximum absolute atomic E-state index is 12.0. The Morgan fingerprint density at radius 2 is 2.25 bits per heavy atom. The first-order valence-electron chi connectivity index (χ1n) is 6.02. The molecule has 0 saturated carbocycles. The highest BCUT2D eigenvalue weighted by atomic mass is 79.9. The second-order valence-corrected chi connectivity index (χ2v) is 7.14. The smallest absolute Gasteiger partial charge is 0.336 e. The molecule has 1 atom stereocenters. The predicted molar refractivity (Wildman–Crippen MR) is 77.5 cm³/mol. The van der Waals surface area contributed by atoms with Gasteiger partial charge in [-0.25, -0.2) is 13.2 Å². The van der Waals surface area contributed by atoms with Crippen molar-refractivity contribution < 1.29 is 23.1 Å². The maximum Gasteiger partial charge on any atom is 0.336 e. The summed E-state index contributed by atoms with van der Waals surface area (Å²) in [4.78, 5) is 11.0. The van der Waals surface area contributed by atoms with Crippen LogP contribution in [0.3, 0.4) is 0 Å². The third-order valence-electron chi connectivity index (χ3n) is 2.90. The van der Waals surface area contributed by atoms with Gasteiger partial charge in [-0.3, -0.25) is 4.72 Å². The minimum absolute atomic E-state index is 0.00214. The molecule has 6 nitrogen and oxygen atoms in total. The Hall–Kier alpha value is -1.12. The van der Waals surface area contributed by atoms with Gasteiger partial charge in [-0.2, -0.15) is 0 Å². The van der Waals surface area contributed by atoms with E-state index in [9.17, 15) is 13.2 Å². The summed E-state index contributed by atoms with van der Waals surface area (Å²) in [7, 11) is -3.56. The third-order valence-corrected chi connectivity index (χ3v) is 4.95. The Kier molecular flexibility index (Phi) is 4.66. The minimum Gasteiger partial charge on any atom is -0.478 e. The van der Waals surface area contributed by atoms with Gasteiger partial charge in [0.05, 0.1) is 17.4 Å². The van der Waals surface area contributed by atoms with Gasteiger partial charge in [0.2, 0.25) is 10.0 Å². The molecule has 0 bridgehead atoms. The van der Waals surface area contributed by atoms with E-state index in [2.05, 4.69) is 20.7 Å². The molecule has 1 aliphatic rings. The highest BCUT2D eigenvalue weighted by molar-refractivity contribution is 9.10. The zero-order valence-corrected chi connectivity index (χ0v) is 12.9. The number of nitrogens with one attached hydrogen (secondary N) is 1. The van der Waals surface area contributed by atoms with Crippen molar-refractivity contribution in [3.05, 3.63) is 28.2 Å². The molecule has 1 unspecified atom stereocenters. The number of halogens is 1. The molecule has 2 rings (SSSR count). The van der Waals surface area contributed by atoms with E-state index in [1.54, 1.807) is 0 Å². The van der Waals surface area contributed by atoms with Crippen molar-refractivity contribution in [2.75, 3.05) is 17.1 Å². The van der Waals surface area contributed by atoms with Gasteiger partial charge in [-0.05, 0) is 47.0 Å². The van der Waals surface area contributed by atoms with Gasteiger partial charge >= 0.3 is 5.97 Å². The molecule has 1 fully saturated rings. The van der Waals surface area contributed by atoms with E-state index in [1.165, 1.54) is 18.2 Å². The van der Waals surface area contributed by atoms with Gasteiger partial charge in [0, 0.05) is 16.8 Å². The van der Waals surface area contributed by atoms with Crippen LogP contribution in [0, 0.1) is 0 Å². The lowest BCUT2D eigenvalue weighted by molar-refractivity contribution is 0.0696. The van der Waals surface area contributed by atoms with Crippen LogP contribution in [0.15, 0.2) is 22.7 Å². The molecule has 0 aliphatic carbocycles. The predicted octanol–water partition coefficient (Wildman–Crippen LogP) is 2.07. The lowest BCUT2D eigenvalue weighted by Crippen LogP contribution is -2.25. The minimum atomic E-state index is -3.56. The van der Waals surface area contributed by atoms with Crippen molar-refractivity contribution >= 4 is 37.6 Å². The Morgan fingerprint density at radius 1 is 1.50 bits per heavy atom. The zero-order chi connectivity index (χ0) is 14.8. The number of aromatic carboxylic acids is 1. The van der Waals surface area contributed by atoms with Crippen LogP contribution in [-0.4, -0.2) is 38.0 Å². The van der Waals surface area contributed by atoms with Crippen LogP contribution in [0.2, 0.25) is 0 Å². The lowest BCUT2D eigenvalue weighted by atomic mass is 10.2. The molecule has 0 aromatic heterocycles. The van der Waals surface area contributed by atoms with E-state index in [4.69, 9.17) is 9.84 Å². The monoisotopic (exact) mass is 363 g/mol. The van der Waals surface area contributed by atoms with E-state index in [-0.39, 0.29) is 23.1 Å². The highest BCUT2D eigenvalue weighted by Gasteiger charge is 2.23. The van der Waals surface area contributed by atoms with Crippen LogP contribution in [-0.2, 0) is 14.8 Å².